The first-order valence-electron chi connectivity index (χ1n) is 5.94. The molecule has 2 N–H and O–H groups in total. The molecular weight excluding hydrogens is 302 g/mol. The van der Waals surface area contributed by atoms with E-state index < -0.39 is 23.9 Å². The van der Waals surface area contributed by atoms with Crippen molar-refractivity contribution in [2.24, 2.45) is 0 Å². The molecule has 0 aromatic heterocycles. The summed E-state index contributed by atoms with van der Waals surface area (Å²) in [6, 6.07) is 5.80. The van der Waals surface area contributed by atoms with E-state index in [-0.39, 0.29) is 17.3 Å². The third-order valence-electron chi connectivity index (χ3n) is 2.60. The van der Waals surface area contributed by atoms with E-state index in [2.05, 4.69) is 5.32 Å². The maximum absolute atomic E-state index is 11.9. The monoisotopic (exact) mass is 319 g/mol. The lowest BCUT2D eigenvalue weighted by Crippen LogP contribution is -2.18. The number of aromatic hydroxyl groups is 1. The van der Waals surface area contributed by atoms with E-state index in [0.29, 0.717) is 5.69 Å². The lowest BCUT2D eigenvalue weighted by Gasteiger charge is -2.08. The molecule has 0 unspecified atom stereocenters. The van der Waals surface area contributed by atoms with Crippen LogP contribution in [-0.2, 0) is 19.7 Å². The van der Waals surface area contributed by atoms with Gasteiger partial charge >= 0.3 is 0 Å². The second-order valence-electron chi connectivity index (χ2n) is 3.96. The van der Waals surface area contributed by atoms with Gasteiger partial charge in [-0.25, -0.2) is 16.8 Å². The Hall–Kier alpha value is -1.54. The number of nitrogens with one attached hydrogen (secondary N) is 1. The molecule has 0 aliphatic carbocycles. The molecule has 0 heterocycles. The third kappa shape index (κ3) is 3.97. The summed E-state index contributed by atoms with van der Waals surface area (Å²) >= 11 is 0. The summed E-state index contributed by atoms with van der Waals surface area (Å²) in [6.45, 7) is 2.77. The fourth-order valence-electron chi connectivity index (χ4n) is 1.36. The van der Waals surface area contributed by atoms with E-state index >= 15 is 0 Å². The van der Waals surface area contributed by atoms with Gasteiger partial charge in [0.1, 0.15) is 5.75 Å². The van der Waals surface area contributed by atoms with Crippen LogP contribution in [0.5, 0.6) is 5.75 Å². The molecule has 1 rings (SSSR count). The van der Waals surface area contributed by atoms with Crippen molar-refractivity contribution in [1.29, 1.82) is 0 Å². The van der Waals surface area contributed by atoms with Crippen LogP contribution in [0.1, 0.15) is 13.8 Å². The van der Waals surface area contributed by atoms with Gasteiger partial charge in [-0.2, -0.15) is 0 Å². The van der Waals surface area contributed by atoms with Crippen LogP contribution >= 0.6 is 0 Å². The first-order chi connectivity index (χ1) is 9.23. The van der Waals surface area contributed by atoms with Crippen molar-refractivity contribution in [1.82, 2.24) is 0 Å². The van der Waals surface area contributed by atoms with Crippen LogP contribution in [0.2, 0.25) is 0 Å². The van der Waals surface area contributed by atoms with E-state index in [1.165, 1.54) is 38.1 Å². The van der Waals surface area contributed by atoms with Crippen molar-refractivity contribution in [2.75, 3.05) is 16.8 Å². The van der Waals surface area contributed by atoms with Crippen molar-refractivity contribution < 1.29 is 21.9 Å². The molecule has 20 heavy (non-hydrogen) atoms. The lowest BCUT2D eigenvalue weighted by molar-refractivity contribution is 0.475. The van der Waals surface area contributed by atoms with E-state index in [1.54, 1.807) is 0 Å². The van der Waals surface area contributed by atoms with Gasteiger partial charge in [0, 0.05) is 11.9 Å². The minimum Gasteiger partial charge on any atom is -0.508 e. The molecule has 1 aromatic rings. The molecule has 0 bridgehead atoms. The fourth-order valence-corrected chi connectivity index (χ4v) is 4.66. The molecule has 6 nitrogen and oxygen atoms in total. The Morgan fingerprint density at radius 2 is 1.50 bits per heavy atom. The Labute approximate surface area is 119 Å². The third-order valence-corrected chi connectivity index (χ3v) is 7.10. The van der Waals surface area contributed by atoms with Crippen molar-refractivity contribution >= 4 is 25.4 Å². The zero-order valence-corrected chi connectivity index (χ0v) is 12.8. The van der Waals surface area contributed by atoms with E-state index in [1.807, 2.05) is 0 Å². The zero-order valence-electron chi connectivity index (χ0n) is 11.2. The Balaban J connectivity index is 3.19. The SMILES string of the molecule is CCS(=O)(=O)C(=CNc1ccc(O)cc1)S(=O)(=O)CC. The van der Waals surface area contributed by atoms with Crippen LogP contribution < -0.4 is 5.32 Å². The summed E-state index contributed by atoms with van der Waals surface area (Å²) in [5, 5.41) is 11.8. The maximum atomic E-state index is 11.9. The van der Waals surface area contributed by atoms with Gasteiger partial charge in [-0.1, -0.05) is 13.8 Å². The first-order valence-corrected chi connectivity index (χ1v) is 9.24. The molecule has 0 amide bonds. The summed E-state index contributed by atoms with van der Waals surface area (Å²) < 4.78 is 46.8. The largest absolute Gasteiger partial charge is 0.508 e. The highest BCUT2D eigenvalue weighted by Gasteiger charge is 2.27. The minimum atomic E-state index is -3.85. The molecule has 112 valence electrons. The predicted octanol–water partition coefficient (Wildman–Crippen LogP) is 1.47. The first kappa shape index (κ1) is 16.5. The summed E-state index contributed by atoms with van der Waals surface area (Å²) in [6.07, 6.45) is 0.976. The molecule has 0 saturated heterocycles. The average molecular weight is 319 g/mol. The Kier molecular flexibility index (Phi) is 5.18. The highest BCUT2D eigenvalue weighted by atomic mass is 32.3. The van der Waals surface area contributed by atoms with E-state index in [9.17, 15) is 16.8 Å². The molecule has 0 saturated carbocycles. The van der Waals surface area contributed by atoms with Gasteiger partial charge in [0.05, 0.1) is 11.5 Å². The van der Waals surface area contributed by atoms with Crippen LogP contribution in [0.3, 0.4) is 0 Å². The molecule has 0 aliphatic heterocycles. The molecule has 0 aliphatic rings. The number of hydrogen-bond donors (Lipinski definition) is 2. The number of anilines is 1. The van der Waals surface area contributed by atoms with Crippen LogP contribution in [-0.4, -0.2) is 33.4 Å². The maximum Gasteiger partial charge on any atom is 0.190 e. The van der Waals surface area contributed by atoms with E-state index in [0.717, 1.165) is 6.20 Å². The van der Waals surface area contributed by atoms with Gasteiger partial charge in [0.2, 0.25) is 0 Å². The van der Waals surface area contributed by atoms with Gasteiger partial charge in [-0.05, 0) is 24.3 Å². The highest BCUT2D eigenvalue weighted by Crippen LogP contribution is 2.19. The number of benzene rings is 1. The molecule has 0 fully saturated rings. The molecule has 8 heteroatoms. The number of phenolic OH excluding ortho intramolecular Hbond substituents is 1. The van der Waals surface area contributed by atoms with Gasteiger partial charge < -0.3 is 10.4 Å². The van der Waals surface area contributed by atoms with Crippen molar-refractivity contribution in [2.45, 2.75) is 13.8 Å². The molecular formula is C12H17NO5S2. The van der Waals surface area contributed by atoms with Crippen molar-refractivity contribution in [3.63, 3.8) is 0 Å². The minimum absolute atomic E-state index is 0.0575. The standard InChI is InChI=1S/C12H17NO5S2/c1-3-19(15,16)12(20(17,18)4-2)9-13-10-5-7-11(14)8-6-10/h5-9,13-14H,3-4H2,1-2H3. The summed E-state index contributed by atoms with van der Waals surface area (Å²) in [5.74, 6) is -0.535. The van der Waals surface area contributed by atoms with E-state index in [4.69, 9.17) is 5.11 Å². The van der Waals surface area contributed by atoms with Crippen molar-refractivity contribution in [3.8, 4) is 5.75 Å². The van der Waals surface area contributed by atoms with Gasteiger partial charge in [-0.3, -0.25) is 0 Å². The lowest BCUT2D eigenvalue weighted by atomic mass is 10.3. The molecule has 0 atom stereocenters. The highest BCUT2D eigenvalue weighted by molar-refractivity contribution is 8.14. The Bertz CT molecular complexity index is 652. The number of phenols is 1. The number of rotatable bonds is 6. The Morgan fingerprint density at radius 3 is 1.90 bits per heavy atom. The second-order valence-corrected chi connectivity index (χ2v) is 8.71. The molecule has 0 radical (unpaired) electrons. The van der Waals surface area contributed by atoms with Gasteiger partial charge in [-0.15, -0.1) is 0 Å². The molecule has 1 aromatic carbocycles. The van der Waals surface area contributed by atoms with Crippen LogP contribution in [0, 0.1) is 0 Å². The zero-order chi connectivity index (χ0) is 15.4. The summed E-state index contributed by atoms with van der Waals surface area (Å²) in [4.78, 5) is 0. The van der Waals surface area contributed by atoms with Crippen LogP contribution in [0.15, 0.2) is 34.7 Å². The smallest absolute Gasteiger partial charge is 0.190 e. The van der Waals surface area contributed by atoms with Crippen molar-refractivity contribution in [3.05, 3.63) is 34.7 Å². The van der Waals surface area contributed by atoms with Gasteiger partial charge in [0.25, 0.3) is 0 Å². The summed E-state index contributed by atoms with van der Waals surface area (Å²) in [7, 11) is -7.69. The van der Waals surface area contributed by atoms with Crippen LogP contribution in [0.25, 0.3) is 0 Å². The van der Waals surface area contributed by atoms with Gasteiger partial charge in [0.15, 0.2) is 23.9 Å². The fraction of sp³-hybridized carbons (Fsp3) is 0.333. The second kappa shape index (κ2) is 6.27. The predicted molar refractivity (Wildman–Crippen MR) is 78.7 cm³/mol. The summed E-state index contributed by atoms with van der Waals surface area (Å²) in [5.41, 5.74) is 0.470. The average Bonchev–Trinajstić information content (AvgIpc) is 2.40. The number of hydrogen-bond acceptors (Lipinski definition) is 6. The normalized spacial score (nSPS) is 11.9. The Morgan fingerprint density at radius 1 is 1.05 bits per heavy atom. The topological polar surface area (TPSA) is 101 Å². The molecule has 0 spiro atoms. The number of sulfone groups is 2. The van der Waals surface area contributed by atoms with Crippen LogP contribution in [0.4, 0.5) is 5.69 Å². The quantitative estimate of drug-likeness (QED) is 0.770.